The number of rotatable bonds is 0. The molecule has 0 fully saturated rings. The van der Waals surface area contributed by atoms with Crippen molar-refractivity contribution in [2.75, 3.05) is 0 Å². The van der Waals surface area contributed by atoms with Crippen LogP contribution in [0.1, 0.15) is 11.1 Å². The molecule has 4 heteroatoms. The highest BCUT2D eigenvalue weighted by atomic mass is 16.5. The number of nitrogens with zero attached hydrogens (tertiary/aromatic N) is 2. The van der Waals surface area contributed by atoms with E-state index in [0.29, 0.717) is 28.1 Å². The molecule has 0 spiro atoms. The van der Waals surface area contributed by atoms with Crippen molar-refractivity contribution in [1.82, 2.24) is 0 Å². The van der Waals surface area contributed by atoms with E-state index in [1.165, 1.54) is 0 Å². The van der Waals surface area contributed by atoms with Crippen LogP contribution in [0, 0.1) is 22.7 Å². The number of nitriles is 2. The molecule has 0 aliphatic heterocycles. The molecule has 0 N–H and O–H groups in total. The highest BCUT2D eigenvalue weighted by molar-refractivity contribution is 6.18. The van der Waals surface area contributed by atoms with Crippen molar-refractivity contribution in [1.29, 1.82) is 10.5 Å². The Hall–Kier alpha value is -3.24. The molecule has 0 atom stereocenters. The van der Waals surface area contributed by atoms with Gasteiger partial charge in [0.2, 0.25) is 0 Å². The molecular weight excluding hydrogens is 252 g/mol. The molecular formula is C16H6N2O2. The van der Waals surface area contributed by atoms with Crippen LogP contribution in [0.15, 0.2) is 45.2 Å². The van der Waals surface area contributed by atoms with Crippen molar-refractivity contribution in [3.05, 3.63) is 47.5 Å². The Morgan fingerprint density at radius 2 is 1.25 bits per heavy atom. The van der Waals surface area contributed by atoms with Crippen molar-refractivity contribution < 1.29 is 8.83 Å². The standard InChI is InChI=1S/C16H6N2O2/c17-7-9-3-1-5-11-13-12-6-2-4-10(8-18)15(12)20-16(13)19-14(9)11/h1-6H. The van der Waals surface area contributed by atoms with Gasteiger partial charge in [0.15, 0.2) is 11.2 Å². The minimum absolute atomic E-state index is 0.348. The first-order chi connectivity index (χ1) is 9.83. The fourth-order valence-corrected chi connectivity index (χ4v) is 2.54. The SMILES string of the molecule is N#Cc1cccc2c1oc1oc3c(C#N)cccc3c12. The molecule has 0 radical (unpaired) electrons. The monoisotopic (exact) mass is 258 g/mol. The molecule has 0 amide bonds. The first-order valence-corrected chi connectivity index (χ1v) is 6.00. The third kappa shape index (κ3) is 1.18. The lowest BCUT2D eigenvalue weighted by Crippen LogP contribution is -1.76. The van der Waals surface area contributed by atoms with Crippen LogP contribution < -0.4 is 0 Å². The average molecular weight is 258 g/mol. The number of hydrogen-bond acceptors (Lipinski definition) is 4. The Morgan fingerprint density at radius 1 is 0.750 bits per heavy atom. The van der Waals surface area contributed by atoms with Gasteiger partial charge >= 0.3 is 0 Å². The van der Waals surface area contributed by atoms with Gasteiger partial charge in [0.05, 0.1) is 16.5 Å². The van der Waals surface area contributed by atoms with Gasteiger partial charge in [-0.05, 0) is 12.1 Å². The summed E-state index contributed by atoms with van der Waals surface area (Å²) >= 11 is 0. The fraction of sp³-hybridized carbons (Fsp3) is 0. The van der Waals surface area contributed by atoms with Crippen molar-refractivity contribution in [2.24, 2.45) is 0 Å². The Labute approximate surface area is 113 Å². The second-order valence-electron chi connectivity index (χ2n) is 4.45. The van der Waals surface area contributed by atoms with Gasteiger partial charge in [-0.1, -0.05) is 24.3 Å². The normalized spacial score (nSPS) is 10.9. The van der Waals surface area contributed by atoms with E-state index in [1.54, 1.807) is 12.1 Å². The van der Waals surface area contributed by atoms with Gasteiger partial charge in [-0.2, -0.15) is 10.5 Å². The summed E-state index contributed by atoms with van der Waals surface area (Å²) in [5.74, 6) is 0.348. The van der Waals surface area contributed by atoms with E-state index in [1.807, 2.05) is 24.3 Å². The topological polar surface area (TPSA) is 73.9 Å². The molecule has 4 rings (SSSR count). The quantitative estimate of drug-likeness (QED) is 0.476. The number of furan rings is 2. The Morgan fingerprint density at radius 3 is 1.70 bits per heavy atom. The summed E-state index contributed by atoms with van der Waals surface area (Å²) < 4.78 is 11.3. The van der Waals surface area contributed by atoms with Gasteiger partial charge in [0.1, 0.15) is 12.1 Å². The summed E-state index contributed by atoms with van der Waals surface area (Å²) in [6.07, 6.45) is 0. The van der Waals surface area contributed by atoms with Crippen LogP contribution in [0.2, 0.25) is 0 Å². The van der Waals surface area contributed by atoms with E-state index in [0.717, 1.165) is 16.2 Å². The van der Waals surface area contributed by atoms with Crippen molar-refractivity contribution in [3.8, 4) is 12.1 Å². The molecule has 0 saturated carbocycles. The van der Waals surface area contributed by atoms with Crippen LogP contribution >= 0.6 is 0 Å². The van der Waals surface area contributed by atoms with E-state index in [-0.39, 0.29) is 0 Å². The maximum atomic E-state index is 9.11. The smallest absolute Gasteiger partial charge is 0.299 e. The molecule has 0 saturated heterocycles. The first-order valence-electron chi connectivity index (χ1n) is 6.00. The van der Waals surface area contributed by atoms with E-state index >= 15 is 0 Å². The Balaban J connectivity index is 2.29. The average Bonchev–Trinajstić information content (AvgIpc) is 3.02. The Kier molecular flexibility index (Phi) is 1.93. The maximum Gasteiger partial charge on any atom is 0.299 e. The molecule has 2 aromatic carbocycles. The molecule has 4 nitrogen and oxygen atoms in total. The summed E-state index contributed by atoms with van der Waals surface area (Å²) in [7, 11) is 0. The number of hydrogen-bond donors (Lipinski definition) is 0. The van der Waals surface area contributed by atoms with E-state index in [9.17, 15) is 0 Å². The van der Waals surface area contributed by atoms with Crippen LogP contribution in [-0.2, 0) is 0 Å². The highest BCUT2D eigenvalue weighted by Gasteiger charge is 2.18. The molecule has 2 aromatic heterocycles. The third-order valence-electron chi connectivity index (χ3n) is 3.40. The third-order valence-corrected chi connectivity index (χ3v) is 3.40. The largest absolute Gasteiger partial charge is 0.423 e. The number of para-hydroxylation sites is 2. The van der Waals surface area contributed by atoms with Gasteiger partial charge in [-0.15, -0.1) is 0 Å². The molecule has 4 aromatic rings. The zero-order valence-corrected chi connectivity index (χ0v) is 10.2. The minimum Gasteiger partial charge on any atom is -0.423 e. The summed E-state index contributed by atoms with van der Waals surface area (Å²) in [5.41, 5.74) is 1.98. The molecule has 0 bridgehead atoms. The molecule has 20 heavy (non-hydrogen) atoms. The lowest BCUT2D eigenvalue weighted by atomic mass is 10.1. The van der Waals surface area contributed by atoms with Gasteiger partial charge in [-0.25, -0.2) is 0 Å². The van der Waals surface area contributed by atoms with Crippen molar-refractivity contribution >= 4 is 33.1 Å². The molecule has 92 valence electrons. The summed E-state index contributed by atoms with van der Waals surface area (Å²) in [6.45, 7) is 0. The summed E-state index contributed by atoms with van der Waals surface area (Å²) in [5, 5.41) is 20.7. The van der Waals surface area contributed by atoms with Crippen LogP contribution in [-0.4, -0.2) is 0 Å². The van der Waals surface area contributed by atoms with Gasteiger partial charge in [0, 0.05) is 10.8 Å². The zero-order chi connectivity index (χ0) is 13.7. The van der Waals surface area contributed by atoms with Gasteiger partial charge < -0.3 is 8.83 Å². The maximum absolute atomic E-state index is 9.11. The van der Waals surface area contributed by atoms with E-state index < -0.39 is 0 Å². The van der Waals surface area contributed by atoms with Crippen LogP contribution in [0.25, 0.3) is 33.1 Å². The van der Waals surface area contributed by atoms with E-state index in [2.05, 4.69) is 12.1 Å². The molecule has 0 aliphatic rings. The van der Waals surface area contributed by atoms with Crippen molar-refractivity contribution in [2.45, 2.75) is 0 Å². The second-order valence-corrected chi connectivity index (χ2v) is 4.45. The van der Waals surface area contributed by atoms with Gasteiger partial charge in [0.25, 0.3) is 5.78 Å². The number of benzene rings is 2. The van der Waals surface area contributed by atoms with Crippen molar-refractivity contribution in [3.63, 3.8) is 0 Å². The number of fused-ring (bicyclic) bond motifs is 5. The Bertz CT molecular complexity index is 988. The summed E-state index contributed by atoms with van der Waals surface area (Å²) in [4.78, 5) is 0. The molecule has 2 heterocycles. The van der Waals surface area contributed by atoms with Crippen LogP contribution in [0.4, 0.5) is 0 Å². The van der Waals surface area contributed by atoms with Crippen LogP contribution in [0.3, 0.4) is 0 Å². The molecule has 0 unspecified atom stereocenters. The van der Waals surface area contributed by atoms with Crippen LogP contribution in [0.5, 0.6) is 0 Å². The zero-order valence-electron chi connectivity index (χ0n) is 10.2. The minimum atomic E-state index is 0.348. The first kappa shape index (κ1) is 10.7. The lowest BCUT2D eigenvalue weighted by Gasteiger charge is -1.93. The van der Waals surface area contributed by atoms with E-state index in [4.69, 9.17) is 19.4 Å². The lowest BCUT2D eigenvalue weighted by molar-refractivity contribution is 0.523. The second kappa shape index (κ2) is 3.63. The highest BCUT2D eigenvalue weighted by Crippen LogP contribution is 2.38. The predicted octanol–water partition coefficient (Wildman–Crippen LogP) is 4.08. The predicted molar refractivity (Wildman–Crippen MR) is 72.9 cm³/mol. The fourth-order valence-electron chi connectivity index (χ4n) is 2.54. The summed E-state index contributed by atoms with van der Waals surface area (Å²) in [6, 6.07) is 15.0. The van der Waals surface area contributed by atoms with Gasteiger partial charge in [-0.3, -0.25) is 0 Å². The molecule has 0 aliphatic carbocycles.